The molecule has 1 aromatic heterocycles. The lowest BCUT2D eigenvalue weighted by Gasteiger charge is -2.24. The van der Waals surface area contributed by atoms with E-state index in [4.69, 9.17) is 4.74 Å². The van der Waals surface area contributed by atoms with Gasteiger partial charge in [-0.25, -0.2) is 0 Å². The van der Waals surface area contributed by atoms with Crippen LogP contribution >= 0.6 is 0 Å². The Hall–Kier alpha value is -3.94. The van der Waals surface area contributed by atoms with E-state index in [9.17, 15) is 4.79 Å². The number of ether oxygens (including phenoxy) is 1. The van der Waals surface area contributed by atoms with Crippen LogP contribution in [0.25, 0.3) is 0 Å². The first kappa shape index (κ1) is 21.3. The summed E-state index contributed by atoms with van der Waals surface area (Å²) in [5.41, 5.74) is 5.94. The van der Waals surface area contributed by atoms with Gasteiger partial charge >= 0.3 is 0 Å². The standard InChI is InChI=1S/C24H28N6O2/c1-25-21-13-18(32-19-9-11-28-22(14-19)24(31)26-2)6-7-23(21)30(3)15-29-17-5-4-16-8-10-27-20(16)12-17/h4-7,9,11-14,25,27,29H,8,10,15H2,1-3H3,(H,26,31). The summed E-state index contributed by atoms with van der Waals surface area (Å²) >= 11 is 0. The number of amides is 1. The Morgan fingerprint density at radius 3 is 2.78 bits per heavy atom. The van der Waals surface area contributed by atoms with Crippen molar-refractivity contribution in [3.05, 3.63) is 66.0 Å². The molecule has 166 valence electrons. The number of nitrogens with zero attached hydrogens (tertiary/aromatic N) is 2. The highest BCUT2D eigenvalue weighted by molar-refractivity contribution is 5.92. The highest BCUT2D eigenvalue weighted by Gasteiger charge is 2.12. The van der Waals surface area contributed by atoms with Gasteiger partial charge in [0.15, 0.2) is 0 Å². The SMILES string of the molecule is CNC(=O)c1cc(Oc2ccc(N(C)CNc3ccc4c(c3)NCC4)c(NC)c2)ccn1. The molecule has 8 nitrogen and oxygen atoms in total. The van der Waals surface area contributed by atoms with Crippen LogP contribution in [0.4, 0.5) is 22.7 Å². The van der Waals surface area contributed by atoms with Gasteiger partial charge in [-0.15, -0.1) is 0 Å². The molecule has 4 rings (SSSR count). The van der Waals surface area contributed by atoms with Crippen LogP contribution in [-0.4, -0.2) is 45.2 Å². The van der Waals surface area contributed by atoms with E-state index in [1.54, 1.807) is 25.4 Å². The number of pyridine rings is 1. The van der Waals surface area contributed by atoms with Crippen LogP contribution in [0.1, 0.15) is 16.1 Å². The number of aromatic nitrogens is 1. The Morgan fingerprint density at radius 2 is 1.97 bits per heavy atom. The van der Waals surface area contributed by atoms with E-state index >= 15 is 0 Å². The number of carbonyl (C=O) groups excluding carboxylic acids is 1. The van der Waals surface area contributed by atoms with Crippen LogP contribution in [-0.2, 0) is 6.42 Å². The lowest BCUT2D eigenvalue weighted by Crippen LogP contribution is -2.25. The second-order valence-electron chi connectivity index (χ2n) is 7.57. The molecule has 2 heterocycles. The van der Waals surface area contributed by atoms with Crippen molar-refractivity contribution in [2.75, 3.05) is 55.2 Å². The maximum Gasteiger partial charge on any atom is 0.269 e. The third kappa shape index (κ3) is 4.69. The largest absolute Gasteiger partial charge is 0.457 e. The fourth-order valence-electron chi connectivity index (χ4n) is 3.67. The fraction of sp³-hybridized carbons (Fsp3) is 0.250. The van der Waals surface area contributed by atoms with E-state index in [-0.39, 0.29) is 5.91 Å². The summed E-state index contributed by atoms with van der Waals surface area (Å²) in [4.78, 5) is 18.0. The van der Waals surface area contributed by atoms with Crippen molar-refractivity contribution in [2.45, 2.75) is 6.42 Å². The Bertz CT molecular complexity index is 1120. The number of hydrogen-bond acceptors (Lipinski definition) is 7. The average molecular weight is 433 g/mol. The fourth-order valence-corrected chi connectivity index (χ4v) is 3.67. The van der Waals surface area contributed by atoms with Gasteiger partial charge in [0, 0.05) is 57.4 Å². The topological polar surface area (TPSA) is 90.5 Å². The van der Waals surface area contributed by atoms with Gasteiger partial charge in [0.05, 0.1) is 18.0 Å². The molecule has 1 amide bonds. The maximum atomic E-state index is 11.8. The number of rotatable bonds is 8. The number of fused-ring (bicyclic) bond motifs is 1. The van der Waals surface area contributed by atoms with Crippen molar-refractivity contribution in [2.24, 2.45) is 0 Å². The van der Waals surface area contributed by atoms with Gasteiger partial charge < -0.3 is 30.9 Å². The number of nitrogens with one attached hydrogen (secondary N) is 4. The first-order chi connectivity index (χ1) is 15.6. The van der Waals surface area contributed by atoms with Crippen LogP contribution in [0, 0.1) is 0 Å². The minimum Gasteiger partial charge on any atom is -0.457 e. The summed E-state index contributed by atoms with van der Waals surface area (Å²) in [5.74, 6) is 0.960. The molecule has 1 aliphatic rings. The summed E-state index contributed by atoms with van der Waals surface area (Å²) in [7, 11) is 5.49. The van der Waals surface area contributed by atoms with E-state index in [1.807, 2.05) is 32.3 Å². The van der Waals surface area contributed by atoms with Crippen molar-refractivity contribution in [3.63, 3.8) is 0 Å². The van der Waals surface area contributed by atoms with Crippen LogP contribution in [0.5, 0.6) is 11.5 Å². The molecule has 0 spiro atoms. The predicted octanol–water partition coefficient (Wildman–Crippen LogP) is 3.75. The lowest BCUT2D eigenvalue weighted by atomic mass is 10.1. The lowest BCUT2D eigenvalue weighted by molar-refractivity contribution is 0.0958. The molecule has 0 fully saturated rings. The van der Waals surface area contributed by atoms with E-state index in [0.717, 1.165) is 30.0 Å². The monoisotopic (exact) mass is 432 g/mol. The molecule has 0 radical (unpaired) electrons. The number of benzene rings is 2. The Kier molecular flexibility index (Phi) is 6.30. The molecule has 3 aromatic rings. The van der Waals surface area contributed by atoms with Gasteiger partial charge in [-0.05, 0) is 42.3 Å². The number of hydrogen-bond donors (Lipinski definition) is 4. The first-order valence-corrected chi connectivity index (χ1v) is 10.6. The minimum absolute atomic E-state index is 0.255. The van der Waals surface area contributed by atoms with Gasteiger partial charge in [0.2, 0.25) is 0 Å². The van der Waals surface area contributed by atoms with Gasteiger partial charge in [-0.3, -0.25) is 9.78 Å². The van der Waals surface area contributed by atoms with Crippen LogP contribution in [0.3, 0.4) is 0 Å². The molecule has 1 aliphatic heterocycles. The number of carbonyl (C=O) groups is 1. The van der Waals surface area contributed by atoms with Gasteiger partial charge in [0.1, 0.15) is 17.2 Å². The molecule has 4 N–H and O–H groups in total. The molecular formula is C24H28N6O2. The van der Waals surface area contributed by atoms with Crippen molar-refractivity contribution < 1.29 is 9.53 Å². The van der Waals surface area contributed by atoms with E-state index in [2.05, 4.69) is 49.4 Å². The summed E-state index contributed by atoms with van der Waals surface area (Å²) in [5, 5.41) is 12.7. The molecule has 0 unspecified atom stereocenters. The predicted molar refractivity (Wildman–Crippen MR) is 129 cm³/mol. The van der Waals surface area contributed by atoms with Crippen LogP contribution < -0.4 is 30.9 Å². The summed E-state index contributed by atoms with van der Waals surface area (Å²) in [6, 6.07) is 15.7. The molecule has 0 atom stereocenters. The van der Waals surface area contributed by atoms with Gasteiger partial charge in [0.25, 0.3) is 5.91 Å². The van der Waals surface area contributed by atoms with E-state index in [1.165, 1.54) is 11.3 Å². The van der Waals surface area contributed by atoms with Crippen LogP contribution in [0.2, 0.25) is 0 Å². The summed E-state index contributed by atoms with van der Waals surface area (Å²) in [6.45, 7) is 1.65. The molecule has 2 aromatic carbocycles. The Labute approximate surface area is 188 Å². The molecule has 0 saturated carbocycles. The summed E-state index contributed by atoms with van der Waals surface area (Å²) in [6.07, 6.45) is 2.64. The highest BCUT2D eigenvalue weighted by atomic mass is 16.5. The maximum absolute atomic E-state index is 11.8. The Morgan fingerprint density at radius 1 is 1.12 bits per heavy atom. The van der Waals surface area contributed by atoms with Crippen molar-refractivity contribution in [1.82, 2.24) is 10.3 Å². The molecule has 0 saturated heterocycles. The van der Waals surface area contributed by atoms with Gasteiger partial charge in [-0.2, -0.15) is 0 Å². The van der Waals surface area contributed by atoms with Crippen molar-refractivity contribution >= 4 is 28.7 Å². The van der Waals surface area contributed by atoms with Crippen molar-refractivity contribution in [1.29, 1.82) is 0 Å². The average Bonchev–Trinajstić information content (AvgIpc) is 3.30. The zero-order valence-electron chi connectivity index (χ0n) is 18.5. The highest BCUT2D eigenvalue weighted by Crippen LogP contribution is 2.32. The first-order valence-electron chi connectivity index (χ1n) is 10.6. The molecule has 32 heavy (non-hydrogen) atoms. The van der Waals surface area contributed by atoms with E-state index in [0.29, 0.717) is 23.9 Å². The Balaban J connectivity index is 1.44. The van der Waals surface area contributed by atoms with Crippen molar-refractivity contribution in [3.8, 4) is 11.5 Å². The van der Waals surface area contributed by atoms with Crippen LogP contribution in [0.15, 0.2) is 54.7 Å². The molecular weight excluding hydrogens is 404 g/mol. The second-order valence-corrected chi connectivity index (χ2v) is 7.57. The summed E-state index contributed by atoms with van der Waals surface area (Å²) < 4.78 is 5.96. The zero-order chi connectivity index (χ0) is 22.5. The number of anilines is 4. The smallest absolute Gasteiger partial charge is 0.269 e. The normalized spacial score (nSPS) is 11.8. The third-order valence-electron chi connectivity index (χ3n) is 5.42. The quantitative estimate of drug-likeness (QED) is 0.403. The molecule has 8 heteroatoms. The molecule has 0 aliphatic carbocycles. The second kappa shape index (κ2) is 9.47. The third-order valence-corrected chi connectivity index (χ3v) is 5.42. The van der Waals surface area contributed by atoms with E-state index < -0.39 is 0 Å². The molecule has 0 bridgehead atoms. The minimum atomic E-state index is -0.255. The van der Waals surface area contributed by atoms with Gasteiger partial charge in [-0.1, -0.05) is 6.07 Å². The zero-order valence-corrected chi connectivity index (χ0v) is 18.5.